The second kappa shape index (κ2) is 6.20. The molecular weight excluding hydrogens is 295 g/mol. The van der Waals surface area contributed by atoms with Crippen molar-refractivity contribution < 1.29 is 9.18 Å². The number of carbonyl (C=O) groups excluding carboxylic acids is 1. The number of hydrogen-bond donors (Lipinski definition) is 2. The van der Waals surface area contributed by atoms with Crippen molar-refractivity contribution in [3.05, 3.63) is 52.4 Å². The zero-order valence-corrected chi connectivity index (χ0v) is 11.7. The molecule has 1 amide bonds. The Labute approximate surface area is 125 Å². The number of anilines is 2. The van der Waals surface area contributed by atoms with Crippen molar-refractivity contribution in [3.8, 4) is 6.07 Å². The van der Waals surface area contributed by atoms with Crippen LogP contribution in [0.5, 0.6) is 0 Å². The van der Waals surface area contributed by atoms with E-state index in [1.165, 1.54) is 24.3 Å². The number of aromatic nitrogens is 1. The van der Waals surface area contributed by atoms with Crippen LogP contribution in [0.25, 0.3) is 0 Å². The molecule has 0 spiro atoms. The zero-order valence-electron chi connectivity index (χ0n) is 10.9. The number of rotatable bonds is 3. The first-order chi connectivity index (χ1) is 10.0. The predicted octanol–water partition coefficient (Wildman–Crippen LogP) is 3.04. The molecule has 106 valence electrons. The predicted molar refractivity (Wildman–Crippen MR) is 77.9 cm³/mol. The van der Waals surface area contributed by atoms with Gasteiger partial charge in [-0.15, -0.1) is 0 Å². The molecule has 7 heteroatoms. The maximum atomic E-state index is 13.2. The third-order valence-corrected chi connectivity index (χ3v) is 2.85. The van der Waals surface area contributed by atoms with Gasteiger partial charge in [0.25, 0.3) is 5.91 Å². The van der Waals surface area contributed by atoms with Crippen LogP contribution in [0.3, 0.4) is 0 Å². The average Bonchev–Trinajstić information content (AvgIpc) is 2.48. The van der Waals surface area contributed by atoms with Gasteiger partial charge in [0.05, 0.1) is 5.56 Å². The lowest BCUT2D eigenvalue weighted by Gasteiger charge is -2.08. The number of hydrogen-bond acceptors (Lipinski definition) is 4. The monoisotopic (exact) mass is 304 g/mol. The SMILES string of the molecule is CNc1cc(C(=O)Nc2ccc(F)c(C#N)c2)cc(Cl)n1. The Hall–Kier alpha value is -2.65. The molecule has 2 N–H and O–H groups in total. The van der Waals surface area contributed by atoms with Gasteiger partial charge in [0.1, 0.15) is 22.9 Å². The van der Waals surface area contributed by atoms with Gasteiger partial charge < -0.3 is 10.6 Å². The van der Waals surface area contributed by atoms with E-state index in [2.05, 4.69) is 15.6 Å². The largest absolute Gasteiger partial charge is 0.373 e. The molecule has 0 fully saturated rings. The molecule has 2 rings (SSSR count). The van der Waals surface area contributed by atoms with Crippen molar-refractivity contribution >= 4 is 29.0 Å². The molecule has 1 aromatic carbocycles. The summed E-state index contributed by atoms with van der Waals surface area (Å²) in [4.78, 5) is 16.1. The number of nitrogens with one attached hydrogen (secondary N) is 2. The molecule has 0 saturated heterocycles. The normalized spacial score (nSPS) is 9.81. The Morgan fingerprint density at radius 3 is 2.81 bits per heavy atom. The first kappa shape index (κ1) is 14.8. The van der Waals surface area contributed by atoms with Crippen LogP contribution in [0.2, 0.25) is 5.15 Å². The zero-order chi connectivity index (χ0) is 15.4. The molecule has 1 heterocycles. The van der Waals surface area contributed by atoms with E-state index < -0.39 is 11.7 Å². The Balaban J connectivity index is 2.26. The molecule has 0 aliphatic heterocycles. The van der Waals surface area contributed by atoms with Gasteiger partial charge in [0.15, 0.2) is 0 Å². The summed E-state index contributed by atoms with van der Waals surface area (Å²) in [5, 5.41) is 14.3. The van der Waals surface area contributed by atoms with Crippen LogP contribution in [0.15, 0.2) is 30.3 Å². The van der Waals surface area contributed by atoms with Crippen molar-refractivity contribution in [3.63, 3.8) is 0 Å². The highest BCUT2D eigenvalue weighted by atomic mass is 35.5. The summed E-state index contributed by atoms with van der Waals surface area (Å²) in [5.74, 6) is -0.629. The molecule has 0 radical (unpaired) electrons. The lowest BCUT2D eigenvalue weighted by atomic mass is 10.2. The molecule has 0 aliphatic rings. The van der Waals surface area contributed by atoms with Gasteiger partial charge in [-0.05, 0) is 30.3 Å². The fraction of sp³-hybridized carbons (Fsp3) is 0.0714. The molecule has 5 nitrogen and oxygen atoms in total. The minimum absolute atomic E-state index is 0.142. The number of benzene rings is 1. The Morgan fingerprint density at radius 2 is 2.14 bits per heavy atom. The summed E-state index contributed by atoms with van der Waals surface area (Å²) in [7, 11) is 1.65. The van der Waals surface area contributed by atoms with Crippen molar-refractivity contribution in [2.45, 2.75) is 0 Å². The fourth-order valence-electron chi connectivity index (χ4n) is 1.65. The maximum Gasteiger partial charge on any atom is 0.255 e. The summed E-state index contributed by atoms with van der Waals surface area (Å²) in [6.45, 7) is 0. The van der Waals surface area contributed by atoms with Crippen molar-refractivity contribution in [2.24, 2.45) is 0 Å². The lowest BCUT2D eigenvalue weighted by molar-refractivity contribution is 0.102. The van der Waals surface area contributed by atoms with Gasteiger partial charge in [-0.2, -0.15) is 5.26 Å². The van der Waals surface area contributed by atoms with E-state index in [1.807, 2.05) is 0 Å². The Bertz CT molecular complexity index is 742. The number of pyridine rings is 1. The summed E-state index contributed by atoms with van der Waals surface area (Å²) >= 11 is 5.82. The van der Waals surface area contributed by atoms with E-state index in [-0.39, 0.29) is 10.7 Å². The van der Waals surface area contributed by atoms with Gasteiger partial charge in [-0.3, -0.25) is 4.79 Å². The minimum atomic E-state index is -0.639. The number of nitrogens with zero attached hydrogens (tertiary/aromatic N) is 2. The minimum Gasteiger partial charge on any atom is -0.373 e. The first-order valence-corrected chi connectivity index (χ1v) is 6.27. The van der Waals surface area contributed by atoms with E-state index >= 15 is 0 Å². The van der Waals surface area contributed by atoms with E-state index in [0.717, 1.165) is 6.07 Å². The van der Waals surface area contributed by atoms with Crippen LogP contribution >= 0.6 is 11.6 Å². The van der Waals surface area contributed by atoms with E-state index in [9.17, 15) is 9.18 Å². The summed E-state index contributed by atoms with van der Waals surface area (Å²) in [6.07, 6.45) is 0. The topological polar surface area (TPSA) is 77.8 Å². The van der Waals surface area contributed by atoms with Crippen LogP contribution in [0.4, 0.5) is 15.9 Å². The summed E-state index contributed by atoms with van der Waals surface area (Å²) < 4.78 is 13.2. The fourth-order valence-corrected chi connectivity index (χ4v) is 1.86. The second-order valence-corrected chi connectivity index (χ2v) is 4.46. The quantitative estimate of drug-likeness (QED) is 0.854. The summed E-state index contributed by atoms with van der Waals surface area (Å²) in [6, 6.07) is 8.39. The number of amides is 1. The van der Waals surface area contributed by atoms with Crippen LogP contribution in [0, 0.1) is 17.1 Å². The highest BCUT2D eigenvalue weighted by molar-refractivity contribution is 6.30. The Kier molecular flexibility index (Phi) is 4.36. The standard InChI is InChI=1S/C14H10ClFN4O/c1-18-13-6-8(5-12(15)20-13)14(21)19-10-2-3-11(16)9(4-10)7-17/h2-6H,1H3,(H,18,20)(H,19,21). The number of nitriles is 1. The van der Waals surface area contributed by atoms with Crippen LogP contribution < -0.4 is 10.6 Å². The van der Waals surface area contributed by atoms with Crippen LogP contribution in [-0.2, 0) is 0 Å². The molecule has 2 aromatic rings. The molecule has 21 heavy (non-hydrogen) atoms. The molecule has 0 saturated carbocycles. The van der Waals surface area contributed by atoms with Gasteiger partial charge >= 0.3 is 0 Å². The van der Waals surface area contributed by atoms with Crippen molar-refractivity contribution in [1.29, 1.82) is 5.26 Å². The molecular formula is C14H10ClFN4O. The maximum absolute atomic E-state index is 13.2. The molecule has 1 aromatic heterocycles. The summed E-state index contributed by atoms with van der Waals surface area (Å²) in [5.41, 5.74) is 0.468. The smallest absolute Gasteiger partial charge is 0.255 e. The van der Waals surface area contributed by atoms with Gasteiger partial charge in [0, 0.05) is 18.3 Å². The second-order valence-electron chi connectivity index (χ2n) is 4.07. The van der Waals surface area contributed by atoms with Crippen LogP contribution in [-0.4, -0.2) is 17.9 Å². The van der Waals surface area contributed by atoms with E-state index in [0.29, 0.717) is 17.1 Å². The third kappa shape index (κ3) is 3.46. The van der Waals surface area contributed by atoms with Gasteiger partial charge in [-0.25, -0.2) is 9.37 Å². The Morgan fingerprint density at radius 1 is 1.38 bits per heavy atom. The highest BCUT2D eigenvalue weighted by Crippen LogP contribution is 2.18. The molecule has 0 aliphatic carbocycles. The number of carbonyl (C=O) groups is 1. The van der Waals surface area contributed by atoms with Gasteiger partial charge in [0.2, 0.25) is 0 Å². The van der Waals surface area contributed by atoms with E-state index in [4.69, 9.17) is 16.9 Å². The first-order valence-electron chi connectivity index (χ1n) is 5.90. The van der Waals surface area contributed by atoms with Crippen LogP contribution in [0.1, 0.15) is 15.9 Å². The molecule has 0 unspecified atom stereocenters. The van der Waals surface area contributed by atoms with E-state index in [1.54, 1.807) is 13.1 Å². The third-order valence-electron chi connectivity index (χ3n) is 2.66. The highest BCUT2D eigenvalue weighted by Gasteiger charge is 2.11. The van der Waals surface area contributed by atoms with Crippen molar-refractivity contribution in [2.75, 3.05) is 17.7 Å². The average molecular weight is 305 g/mol. The van der Waals surface area contributed by atoms with Crippen molar-refractivity contribution in [1.82, 2.24) is 4.98 Å². The lowest BCUT2D eigenvalue weighted by Crippen LogP contribution is -2.13. The molecule has 0 bridgehead atoms. The molecule has 0 atom stereocenters. The number of halogens is 2. The van der Waals surface area contributed by atoms with Gasteiger partial charge in [-0.1, -0.05) is 11.6 Å².